The van der Waals surface area contributed by atoms with E-state index in [2.05, 4.69) is 10.3 Å². The molecule has 5 rings (SSSR count). The molecule has 1 aliphatic rings. The van der Waals surface area contributed by atoms with E-state index in [-0.39, 0.29) is 0 Å². The van der Waals surface area contributed by atoms with Crippen molar-refractivity contribution in [2.75, 3.05) is 12.4 Å². The molecule has 1 N–H and O–H groups in total. The number of nitrogens with zero attached hydrogens (tertiary/aromatic N) is 1. The Labute approximate surface area is 223 Å². The molecule has 2 unspecified atom stereocenters. The summed E-state index contributed by atoms with van der Waals surface area (Å²) in [5.74, 6) is -1.05. The summed E-state index contributed by atoms with van der Waals surface area (Å²) in [6.45, 7) is 1.73. The quantitative estimate of drug-likeness (QED) is 0.293. The zero-order valence-electron chi connectivity index (χ0n) is 20.0. The molecular weight excluding hydrogens is 511 g/mol. The number of halogens is 2. The molecule has 0 radical (unpaired) electrons. The minimum absolute atomic E-state index is 0.395. The van der Waals surface area contributed by atoms with Crippen LogP contribution in [0.25, 0.3) is 10.8 Å². The first-order valence-corrected chi connectivity index (χ1v) is 12.3. The Morgan fingerprint density at radius 1 is 0.946 bits per heavy atom. The lowest BCUT2D eigenvalue weighted by Gasteiger charge is -2.17. The van der Waals surface area contributed by atoms with E-state index in [1.807, 2.05) is 42.5 Å². The van der Waals surface area contributed by atoms with Gasteiger partial charge in [0.05, 0.1) is 24.4 Å². The van der Waals surface area contributed by atoms with Gasteiger partial charge in [0.2, 0.25) is 0 Å². The first kappa shape index (κ1) is 24.8. The number of carbonyl (C=O) groups is 2. The van der Waals surface area contributed by atoms with Gasteiger partial charge in [0, 0.05) is 21.2 Å². The zero-order valence-corrected chi connectivity index (χ0v) is 21.5. The molecule has 0 saturated carbocycles. The maximum atomic E-state index is 13.2. The molecule has 0 aliphatic carbocycles. The zero-order chi connectivity index (χ0) is 26.1. The molecule has 2 atom stereocenters. The molecule has 0 fully saturated rings. The molecular formula is C29H22Cl2N2O4. The summed E-state index contributed by atoms with van der Waals surface area (Å²) >= 11 is 12.7. The van der Waals surface area contributed by atoms with Gasteiger partial charge in [-0.15, -0.1) is 0 Å². The summed E-state index contributed by atoms with van der Waals surface area (Å²) < 4.78 is 10.9. The SMILES string of the molecule is COc1ccc2cc(C(C)C(=O)OC3N=C(c4ccccc4Cl)c4cc(Cl)ccc4NC3=O)ccc2c1. The summed E-state index contributed by atoms with van der Waals surface area (Å²) in [4.78, 5) is 30.8. The van der Waals surface area contributed by atoms with Crippen molar-refractivity contribution in [3.8, 4) is 5.75 Å². The molecule has 1 heterocycles. The van der Waals surface area contributed by atoms with Crippen LogP contribution >= 0.6 is 23.2 Å². The minimum Gasteiger partial charge on any atom is -0.497 e. The third-order valence-electron chi connectivity index (χ3n) is 6.25. The van der Waals surface area contributed by atoms with E-state index in [4.69, 9.17) is 32.7 Å². The van der Waals surface area contributed by atoms with E-state index in [9.17, 15) is 9.59 Å². The number of amides is 1. The lowest BCUT2D eigenvalue weighted by atomic mass is 9.98. The number of rotatable bonds is 5. The van der Waals surface area contributed by atoms with E-state index in [0.29, 0.717) is 32.6 Å². The Bertz CT molecular complexity index is 1570. The fourth-order valence-corrected chi connectivity index (χ4v) is 4.59. The summed E-state index contributed by atoms with van der Waals surface area (Å²) in [6.07, 6.45) is -1.42. The standard InChI is InChI=1S/C29H22Cl2N2O4/c1-16(17-7-8-19-14-21(36-2)11-9-18(19)13-17)29(35)37-28-27(34)32-25-12-10-20(30)15-23(25)26(33-28)22-5-3-4-6-24(22)31/h3-16,28H,1-2H3,(H,32,34). The highest BCUT2D eigenvalue weighted by atomic mass is 35.5. The van der Waals surface area contributed by atoms with Crippen molar-refractivity contribution >= 4 is 57.2 Å². The summed E-state index contributed by atoms with van der Waals surface area (Å²) in [7, 11) is 1.62. The number of methoxy groups -OCH3 is 1. The number of hydrogen-bond donors (Lipinski definition) is 1. The van der Waals surface area contributed by atoms with E-state index in [1.54, 1.807) is 50.4 Å². The van der Waals surface area contributed by atoms with Crippen LogP contribution in [-0.2, 0) is 14.3 Å². The third-order valence-corrected chi connectivity index (χ3v) is 6.81. The van der Waals surface area contributed by atoms with Gasteiger partial charge in [-0.3, -0.25) is 9.59 Å². The van der Waals surface area contributed by atoms with Crippen LogP contribution in [0.3, 0.4) is 0 Å². The highest BCUT2D eigenvalue weighted by Crippen LogP contribution is 2.31. The fraction of sp³-hybridized carbons (Fsp3) is 0.138. The monoisotopic (exact) mass is 532 g/mol. The Morgan fingerprint density at radius 3 is 2.49 bits per heavy atom. The second kappa shape index (κ2) is 10.2. The molecule has 0 saturated heterocycles. The second-order valence-electron chi connectivity index (χ2n) is 8.62. The molecule has 186 valence electrons. The van der Waals surface area contributed by atoms with Crippen molar-refractivity contribution in [3.63, 3.8) is 0 Å². The number of benzodiazepines with no additional fused rings is 1. The highest BCUT2D eigenvalue weighted by molar-refractivity contribution is 6.37. The summed E-state index contributed by atoms with van der Waals surface area (Å²) in [6, 6.07) is 23.6. The predicted octanol–water partition coefficient (Wildman–Crippen LogP) is 6.62. The first-order valence-electron chi connectivity index (χ1n) is 11.6. The van der Waals surface area contributed by atoms with Gasteiger partial charge in [0.15, 0.2) is 0 Å². The molecule has 1 aliphatic heterocycles. The molecule has 1 amide bonds. The molecule has 37 heavy (non-hydrogen) atoms. The van der Waals surface area contributed by atoms with Crippen LogP contribution in [0.5, 0.6) is 5.75 Å². The largest absolute Gasteiger partial charge is 0.497 e. The third kappa shape index (κ3) is 5.03. The molecule has 6 nitrogen and oxygen atoms in total. The maximum Gasteiger partial charge on any atom is 0.315 e. The van der Waals surface area contributed by atoms with Gasteiger partial charge in [-0.2, -0.15) is 0 Å². The molecule has 0 spiro atoms. The van der Waals surface area contributed by atoms with Crippen LogP contribution < -0.4 is 10.1 Å². The molecule has 4 aromatic carbocycles. The van der Waals surface area contributed by atoms with E-state index in [0.717, 1.165) is 22.1 Å². The van der Waals surface area contributed by atoms with E-state index >= 15 is 0 Å². The normalized spacial score (nSPS) is 15.7. The first-order chi connectivity index (χ1) is 17.8. The molecule has 4 aromatic rings. The van der Waals surface area contributed by atoms with Crippen LogP contribution in [-0.4, -0.2) is 30.9 Å². The van der Waals surface area contributed by atoms with Crippen molar-refractivity contribution in [2.24, 2.45) is 4.99 Å². The van der Waals surface area contributed by atoms with Crippen molar-refractivity contribution in [1.82, 2.24) is 0 Å². The Hall–Kier alpha value is -3.87. The lowest BCUT2D eigenvalue weighted by Crippen LogP contribution is -2.32. The average Bonchev–Trinajstić information content (AvgIpc) is 3.03. The number of benzene rings is 4. The Kier molecular flexibility index (Phi) is 6.87. The van der Waals surface area contributed by atoms with Gasteiger partial charge in [-0.25, -0.2) is 4.99 Å². The van der Waals surface area contributed by atoms with Crippen molar-refractivity contribution < 1.29 is 19.1 Å². The number of nitrogens with one attached hydrogen (secondary N) is 1. The van der Waals surface area contributed by atoms with E-state index in [1.165, 1.54) is 0 Å². The second-order valence-corrected chi connectivity index (χ2v) is 9.46. The summed E-state index contributed by atoms with van der Waals surface area (Å²) in [5, 5.41) is 5.63. The molecule has 8 heteroatoms. The number of carbonyl (C=O) groups excluding carboxylic acids is 2. The number of esters is 1. The van der Waals surface area contributed by atoms with Gasteiger partial charge in [0.25, 0.3) is 12.1 Å². The Morgan fingerprint density at radius 2 is 1.70 bits per heavy atom. The van der Waals surface area contributed by atoms with Crippen molar-refractivity contribution in [3.05, 3.63) is 106 Å². The number of anilines is 1. The maximum absolute atomic E-state index is 13.2. The van der Waals surface area contributed by atoms with Gasteiger partial charge in [-0.05, 0) is 59.7 Å². The topological polar surface area (TPSA) is 77.0 Å². The van der Waals surface area contributed by atoms with Crippen LogP contribution in [0, 0.1) is 0 Å². The van der Waals surface area contributed by atoms with Crippen LogP contribution in [0.15, 0.2) is 83.9 Å². The number of aliphatic imine (C=N–C) groups is 1. The van der Waals surface area contributed by atoms with Crippen molar-refractivity contribution in [1.29, 1.82) is 0 Å². The highest BCUT2D eigenvalue weighted by Gasteiger charge is 2.31. The smallest absolute Gasteiger partial charge is 0.315 e. The predicted molar refractivity (Wildman–Crippen MR) is 146 cm³/mol. The van der Waals surface area contributed by atoms with Crippen LogP contribution in [0.4, 0.5) is 5.69 Å². The van der Waals surface area contributed by atoms with E-state index < -0.39 is 24.0 Å². The molecule has 0 aromatic heterocycles. The number of ether oxygens (including phenoxy) is 2. The van der Waals surface area contributed by atoms with Gasteiger partial charge in [-0.1, -0.05) is 65.7 Å². The summed E-state index contributed by atoms with van der Waals surface area (Å²) in [5.41, 5.74) is 2.80. The number of fused-ring (bicyclic) bond motifs is 2. The van der Waals surface area contributed by atoms with Gasteiger partial charge >= 0.3 is 5.97 Å². The number of hydrogen-bond acceptors (Lipinski definition) is 5. The minimum atomic E-state index is -1.42. The fourth-order valence-electron chi connectivity index (χ4n) is 4.20. The van der Waals surface area contributed by atoms with Crippen LogP contribution in [0.2, 0.25) is 10.0 Å². The van der Waals surface area contributed by atoms with Gasteiger partial charge < -0.3 is 14.8 Å². The van der Waals surface area contributed by atoms with Crippen molar-refractivity contribution in [2.45, 2.75) is 19.1 Å². The lowest BCUT2D eigenvalue weighted by molar-refractivity contribution is -0.154. The van der Waals surface area contributed by atoms with Crippen LogP contribution in [0.1, 0.15) is 29.5 Å². The Balaban J connectivity index is 1.47. The average molecular weight is 533 g/mol. The molecule has 0 bridgehead atoms. The van der Waals surface area contributed by atoms with Gasteiger partial charge in [0.1, 0.15) is 5.75 Å².